The summed E-state index contributed by atoms with van der Waals surface area (Å²) in [6, 6.07) is 8.48. The van der Waals surface area contributed by atoms with Gasteiger partial charge in [0, 0.05) is 11.1 Å². The zero-order valence-corrected chi connectivity index (χ0v) is 14.5. The van der Waals surface area contributed by atoms with Crippen molar-refractivity contribution in [2.45, 2.75) is 6.54 Å². The van der Waals surface area contributed by atoms with E-state index in [1.165, 1.54) is 30.3 Å². The predicted molar refractivity (Wildman–Crippen MR) is 99.1 cm³/mol. The van der Waals surface area contributed by atoms with E-state index in [2.05, 4.69) is 15.5 Å². The van der Waals surface area contributed by atoms with Gasteiger partial charge in [0.25, 0.3) is 0 Å². The van der Waals surface area contributed by atoms with Crippen molar-refractivity contribution in [1.82, 2.24) is 15.5 Å². The van der Waals surface area contributed by atoms with Crippen molar-refractivity contribution in [2.75, 3.05) is 12.8 Å². The van der Waals surface area contributed by atoms with E-state index in [1.54, 1.807) is 25.3 Å². The van der Waals surface area contributed by atoms with E-state index in [0.717, 1.165) is 0 Å². The van der Waals surface area contributed by atoms with Crippen LogP contribution in [-0.2, 0) is 6.54 Å². The molecule has 0 bridgehead atoms. The van der Waals surface area contributed by atoms with Crippen molar-refractivity contribution in [3.8, 4) is 11.5 Å². The van der Waals surface area contributed by atoms with E-state index in [1.807, 2.05) is 0 Å². The summed E-state index contributed by atoms with van der Waals surface area (Å²) in [6.07, 6.45) is 3.08. The Bertz CT molecular complexity index is 996. The number of nitrogens with two attached hydrogens (primary N) is 1. The van der Waals surface area contributed by atoms with E-state index in [-0.39, 0.29) is 28.7 Å². The standard InChI is InChI=1S/C19H17F2N5O/c1-24-10-17-25-26-19(27-17)12-8-14(18(23)15(21)9-12)16(22)7-4-11-2-5-13(20)6-3-11/h2-9,22,24H,10,23H2,1H3/b7-4+,22-16?. The summed E-state index contributed by atoms with van der Waals surface area (Å²) in [7, 11) is 1.74. The van der Waals surface area contributed by atoms with E-state index in [9.17, 15) is 8.78 Å². The van der Waals surface area contributed by atoms with Crippen LogP contribution in [-0.4, -0.2) is 23.0 Å². The van der Waals surface area contributed by atoms with Gasteiger partial charge in [0.15, 0.2) is 0 Å². The number of aromatic nitrogens is 2. The van der Waals surface area contributed by atoms with Gasteiger partial charge in [-0.3, -0.25) is 0 Å². The van der Waals surface area contributed by atoms with Gasteiger partial charge in [-0.1, -0.05) is 18.2 Å². The van der Waals surface area contributed by atoms with Gasteiger partial charge in [-0.25, -0.2) is 8.78 Å². The molecule has 3 rings (SSSR count). The lowest BCUT2D eigenvalue weighted by Crippen LogP contribution is -2.05. The van der Waals surface area contributed by atoms with Crippen LogP contribution in [0.3, 0.4) is 0 Å². The molecule has 3 aromatic rings. The molecule has 0 saturated heterocycles. The molecular formula is C19H17F2N5O. The summed E-state index contributed by atoms with van der Waals surface area (Å²) < 4.78 is 32.7. The lowest BCUT2D eigenvalue weighted by molar-refractivity contribution is 0.490. The Morgan fingerprint density at radius 1 is 1.22 bits per heavy atom. The van der Waals surface area contributed by atoms with Crippen LogP contribution in [0.15, 0.2) is 46.9 Å². The Labute approximate surface area is 154 Å². The van der Waals surface area contributed by atoms with Gasteiger partial charge in [-0.05, 0) is 43.0 Å². The Kier molecular flexibility index (Phi) is 5.37. The molecule has 6 nitrogen and oxygen atoms in total. The second-order valence-electron chi connectivity index (χ2n) is 5.75. The second-order valence-corrected chi connectivity index (χ2v) is 5.75. The van der Waals surface area contributed by atoms with Crippen LogP contribution in [0.5, 0.6) is 0 Å². The number of benzene rings is 2. The van der Waals surface area contributed by atoms with Crippen molar-refractivity contribution in [2.24, 2.45) is 0 Å². The second kappa shape index (κ2) is 7.88. The van der Waals surface area contributed by atoms with Crippen molar-refractivity contribution >= 4 is 17.5 Å². The number of allylic oxidation sites excluding steroid dienone is 1. The summed E-state index contributed by atoms with van der Waals surface area (Å²) in [6.45, 7) is 0.382. The Morgan fingerprint density at radius 3 is 2.67 bits per heavy atom. The van der Waals surface area contributed by atoms with Gasteiger partial charge in [-0.15, -0.1) is 10.2 Å². The minimum atomic E-state index is -0.684. The summed E-state index contributed by atoms with van der Waals surface area (Å²) in [5.74, 6) is -0.539. The summed E-state index contributed by atoms with van der Waals surface area (Å²) >= 11 is 0. The van der Waals surface area contributed by atoms with Crippen molar-refractivity contribution in [3.05, 3.63) is 71.1 Å². The highest BCUT2D eigenvalue weighted by Crippen LogP contribution is 2.26. The minimum absolute atomic E-state index is 0.00691. The minimum Gasteiger partial charge on any atom is -0.419 e. The molecule has 0 aliphatic heterocycles. The third-order valence-electron chi connectivity index (χ3n) is 3.77. The fraction of sp³-hybridized carbons (Fsp3) is 0.105. The number of rotatable bonds is 6. The van der Waals surface area contributed by atoms with Crippen molar-refractivity contribution < 1.29 is 13.2 Å². The molecule has 0 spiro atoms. The zero-order chi connectivity index (χ0) is 19.4. The molecule has 2 aromatic carbocycles. The van der Waals surface area contributed by atoms with Crippen LogP contribution in [0.4, 0.5) is 14.5 Å². The molecule has 1 aromatic heterocycles. The average molecular weight is 369 g/mol. The Balaban J connectivity index is 1.90. The number of nitrogens with one attached hydrogen (secondary N) is 2. The largest absolute Gasteiger partial charge is 0.419 e. The third kappa shape index (κ3) is 4.24. The van der Waals surface area contributed by atoms with Crippen molar-refractivity contribution in [3.63, 3.8) is 0 Å². The SMILES string of the molecule is CNCc1nnc(-c2cc(F)c(N)c(C(=N)/C=C/c3ccc(F)cc3)c2)o1. The van der Waals surface area contributed by atoms with Gasteiger partial charge >= 0.3 is 0 Å². The first-order chi connectivity index (χ1) is 13.0. The number of hydrogen-bond donors (Lipinski definition) is 3. The van der Waals surface area contributed by atoms with Crippen LogP contribution < -0.4 is 11.1 Å². The molecule has 0 atom stereocenters. The number of hydrogen-bond acceptors (Lipinski definition) is 6. The van der Waals surface area contributed by atoms with E-state index < -0.39 is 5.82 Å². The van der Waals surface area contributed by atoms with Crippen LogP contribution in [0, 0.1) is 17.0 Å². The van der Waals surface area contributed by atoms with E-state index >= 15 is 0 Å². The molecule has 0 aliphatic carbocycles. The summed E-state index contributed by atoms with van der Waals surface area (Å²) in [4.78, 5) is 0. The highest BCUT2D eigenvalue weighted by Gasteiger charge is 2.15. The smallest absolute Gasteiger partial charge is 0.247 e. The normalized spacial score (nSPS) is 11.2. The van der Waals surface area contributed by atoms with Crippen LogP contribution >= 0.6 is 0 Å². The molecule has 0 radical (unpaired) electrons. The van der Waals surface area contributed by atoms with E-state index in [4.69, 9.17) is 15.6 Å². The zero-order valence-electron chi connectivity index (χ0n) is 14.5. The van der Waals surface area contributed by atoms with Gasteiger partial charge in [0.1, 0.15) is 11.6 Å². The molecule has 0 fully saturated rings. The lowest BCUT2D eigenvalue weighted by Gasteiger charge is -2.07. The average Bonchev–Trinajstić information content (AvgIpc) is 3.12. The lowest BCUT2D eigenvalue weighted by atomic mass is 10.0. The highest BCUT2D eigenvalue weighted by atomic mass is 19.1. The molecule has 0 amide bonds. The number of anilines is 1. The fourth-order valence-electron chi connectivity index (χ4n) is 2.40. The number of halogens is 2. The fourth-order valence-corrected chi connectivity index (χ4v) is 2.40. The molecule has 27 heavy (non-hydrogen) atoms. The molecule has 0 aliphatic rings. The molecule has 0 unspecified atom stereocenters. The van der Waals surface area contributed by atoms with Crippen LogP contribution in [0.25, 0.3) is 17.5 Å². The van der Waals surface area contributed by atoms with Crippen LogP contribution in [0.1, 0.15) is 17.0 Å². The quantitative estimate of drug-likeness (QED) is 0.457. The Hall–Kier alpha value is -3.39. The van der Waals surface area contributed by atoms with E-state index in [0.29, 0.717) is 23.6 Å². The van der Waals surface area contributed by atoms with Gasteiger partial charge in [-0.2, -0.15) is 0 Å². The molecule has 0 saturated carbocycles. The third-order valence-corrected chi connectivity index (χ3v) is 3.77. The maximum Gasteiger partial charge on any atom is 0.247 e. The predicted octanol–water partition coefficient (Wildman–Crippen LogP) is 3.40. The van der Waals surface area contributed by atoms with Gasteiger partial charge < -0.3 is 20.9 Å². The molecule has 8 heteroatoms. The first-order valence-electron chi connectivity index (χ1n) is 8.07. The van der Waals surface area contributed by atoms with Gasteiger partial charge in [0.2, 0.25) is 11.8 Å². The molecule has 1 heterocycles. The Morgan fingerprint density at radius 2 is 1.96 bits per heavy atom. The summed E-state index contributed by atoms with van der Waals surface area (Å²) in [5, 5.41) is 18.8. The van der Waals surface area contributed by atoms with Crippen LogP contribution in [0.2, 0.25) is 0 Å². The number of nitrogens with zero attached hydrogens (tertiary/aromatic N) is 2. The van der Waals surface area contributed by atoms with Gasteiger partial charge in [0.05, 0.1) is 17.9 Å². The first-order valence-corrected chi connectivity index (χ1v) is 8.07. The summed E-state index contributed by atoms with van der Waals surface area (Å²) in [5.41, 5.74) is 6.85. The number of nitrogen functional groups attached to an aromatic ring is 1. The first kappa shape index (κ1) is 18.4. The maximum atomic E-state index is 14.3. The molecule has 4 N–H and O–H groups in total. The molecule has 138 valence electrons. The monoisotopic (exact) mass is 369 g/mol. The molecular weight excluding hydrogens is 352 g/mol. The topological polar surface area (TPSA) is 101 Å². The maximum absolute atomic E-state index is 14.3. The van der Waals surface area contributed by atoms with Crippen molar-refractivity contribution in [1.29, 1.82) is 5.41 Å². The highest BCUT2D eigenvalue weighted by molar-refractivity contribution is 6.12.